The Morgan fingerprint density at radius 2 is 1.84 bits per heavy atom. The van der Waals surface area contributed by atoms with Gasteiger partial charge in [-0.15, -0.1) is 0 Å². The van der Waals surface area contributed by atoms with Gasteiger partial charge >= 0.3 is 6.03 Å². The van der Waals surface area contributed by atoms with Crippen LogP contribution < -0.4 is 10.2 Å². The van der Waals surface area contributed by atoms with Gasteiger partial charge in [-0.1, -0.05) is 6.07 Å². The second-order valence-electron chi connectivity index (χ2n) is 8.57. The lowest BCUT2D eigenvalue weighted by atomic mass is 9.80. The lowest BCUT2D eigenvalue weighted by Gasteiger charge is -2.53. The maximum atomic E-state index is 14.0. The molecule has 5 rings (SSSR count). The lowest BCUT2D eigenvalue weighted by Crippen LogP contribution is -2.57. The van der Waals surface area contributed by atoms with E-state index in [9.17, 15) is 13.6 Å². The van der Waals surface area contributed by atoms with Crippen LogP contribution in [0.5, 0.6) is 0 Å². The second-order valence-corrected chi connectivity index (χ2v) is 8.57. The van der Waals surface area contributed by atoms with Crippen LogP contribution in [-0.4, -0.2) is 35.1 Å². The Morgan fingerprint density at radius 1 is 1.06 bits per heavy atom. The van der Waals surface area contributed by atoms with Gasteiger partial charge in [-0.25, -0.2) is 13.6 Å². The smallest absolute Gasteiger partial charge is 0.321 e. The van der Waals surface area contributed by atoms with Gasteiger partial charge in [-0.05, 0) is 68.7 Å². The molecule has 0 unspecified atom stereocenters. The highest BCUT2D eigenvalue weighted by atomic mass is 19.1. The van der Waals surface area contributed by atoms with Crippen molar-refractivity contribution in [2.45, 2.75) is 32.2 Å². The number of anilines is 2. The molecule has 1 N–H and O–H groups in total. The molecule has 2 aliphatic heterocycles. The van der Waals surface area contributed by atoms with Gasteiger partial charge in [-0.2, -0.15) is 0 Å². The molecule has 1 saturated heterocycles. The second kappa shape index (κ2) is 7.65. The zero-order valence-electron chi connectivity index (χ0n) is 18.2. The van der Waals surface area contributed by atoms with E-state index in [1.165, 1.54) is 22.6 Å². The summed E-state index contributed by atoms with van der Waals surface area (Å²) >= 11 is 0. The Kier molecular flexibility index (Phi) is 4.92. The molecule has 0 bridgehead atoms. The van der Waals surface area contributed by atoms with Crippen molar-refractivity contribution in [1.29, 1.82) is 0 Å². The highest BCUT2D eigenvalue weighted by Gasteiger charge is 2.46. The number of amides is 2. The Morgan fingerprint density at radius 3 is 2.59 bits per heavy atom. The Hall–Kier alpha value is -3.35. The average Bonchev–Trinajstić information content (AvgIpc) is 3.28. The minimum Gasteiger partial charge on any atom is -0.359 e. The number of hydrogen-bond donors (Lipinski definition) is 1. The number of urea groups is 1. The third-order valence-electron chi connectivity index (χ3n) is 6.79. The molecule has 32 heavy (non-hydrogen) atoms. The van der Waals surface area contributed by atoms with E-state index in [1.807, 2.05) is 0 Å². The largest absolute Gasteiger partial charge is 0.359 e. The van der Waals surface area contributed by atoms with Crippen molar-refractivity contribution in [3.8, 4) is 5.69 Å². The van der Waals surface area contributed by atoms with Crippen LogP contribution in [0.3, 0.4) is 0 Å². The summed E-state index contributed by atoms with van der Waals surface area (Å²) in [5, 5.41) is 2.53. The van der Waals surface area contributed by atoms with Crippen molar-refractivity contribution >= 4 is 17.4 Å². The topological polar surface area (TPSA) is 40.5 Å². The Bertz CT molecular complexity index is 1180. The molecule has 2 amide bonds. The van der Waals surface area contributed by atoms with Crippen molar-refractivity contribution in [3.63, 3.8) is 0 Å². The minimum absolute atomic E-state index is 0.138. The first-order valence-corrected chi connectivity index (χ1v) is 11.0. The molecule has 0 aliphatic carbocycles. The van der Waals surface area contributed by atoms with Crippen molar-refractivity contribution in [2.75, 3.05) is 29.9 Å². The first-order valence-electron chi connectivity index (χ1n) is 11.0. The number of likely N-dealkylation sites (tertiary alicyclic amines) is 1. The van der Waals surface area contributed by atoms with Crippen molar-refractivity contribution in [1.82, 2.24) is 9.47 Å². The summed E-state index contributed by atoms with van der Waals surface area (Å²) in [6.07, 6.45) is 3.60. The molecule has 3 heterocycles. The Labute approximate surface area is 186 Å². The van der Waals surface area contributed by atoms with Gasteiger partial charge < -0.3 is 19.7 Å². The van der Waals surface area contributed by atoms with E-state index < -0.39 is 17.7 Å². The number of nitrogens with one attached hydrogen (secondary N) is 1. The Balaban J connectivity index is 1.42. The summed E-state index contributed by atoms with van der Waals surface area (Å²) in [6, 6.07) is 13.4. The molecule has 1 fully saturated rings. The van der Waals surface area contributed by atoms with Gasteiger partial charge in [0.1, 0.15) is 11.6 Å². The number of fused-ring (bicyclic) bond motifs is 4. The van der Waals surface area contributed by atoms with Crippen LogP contribution >= 0.6 is 0 Å². The van der Waals surface area contributed by atoms with Gasteiger partial charge in [-0.3, -0.25) is 0 Å². The summed E-state index contributed by atoms with van der Waals surface area (Å²) in [5.41, 5.74) is 4.45. The van der Waals surface area contributed by atoms with E-state index in [0.717, 1.165) is 37.6 Å². The molecular weight excluding hydrogens is 410 g/mol. The molecule has 0 radical (unpaired) electrons. The van der Waals surface area contributed by atoms with Gasteiger partial charge in [0.25, 0.3) is 0 Å². The van der Waals surface area contributed by atoms with Crippen LogP contribution in [0.2, 0.25) is 0 Å². The molecule has 5 nitrogen and oxygen atoms in total. The van der Waals surface area contributed by atoms with E-state index in [0.29, 0.717) is 13.1 Å². The summed E-state index contributed by atoms with van der Waals surface area (Å²) in [4.78, 5) is 16.9. The fourth-order valence-electron chi connectivity index (χ4n) is 5.26. The van der Waals surface area contributed by atoms with E-state index >= 15 is 0 Å². The highest BCUT2D eigenvalue weighted by Crippen LogP contribution is 2.48. The van der Waals surface area contributed by atoms with E-state index in [-0.39, 0.29) is 11.2 Å². The van der Waals surface area contributed by atoms with Crippen LogP contribution in [0.4, 0.5) is 25.0 Å². The molecule has 3 aromatic rings. The van der Waals surface area contributed by atoms with Crippen LogP contribution in [0.15, 0.2) is 54.7 Å². The number of carbonyl (C=O) groups excluding carboxylic acids is 1. The van der Waals surface area contributed by atoms with Gasteiger partial charge in [0, 0.05) is 37.6 Å². The number of halogens is 2. The molecule has 7 heteroatoms. The molecule has 166 valence electrons. The summed E-state index contributed by atoms with van der Waals surface area (Å²) in [5.74, 6) is -1.24. The number of aryl methyl sites for hydroxylation is 1. The molecule has 2 aromatic carbocycles. The lowest BCUT2D eigenvalue weighted by molar-refractivity contribution is 0.160. The highest BCUT2D eigenvalue weighted by molar-refractivity contribution is 5.89. The maximum absolute atomic E-state index is 14.0. The van der Waals surface area contributed by atoms with Gasteiger partial charge in [0.15, 0.2) is 0 Å². The fourth-order valence-corrected chi connectivity index (χ4v) is 5.26. The quantitative estimate of drug-likeness (QED) is 0.582. The third-order valence-corrected chi connectivity index (χ3v) is 6.79. The van der Waals surface area contributed by atoms with E-state index in [4.69, 9.17) is 0 Å². The number of hydrogen-bond acceptors (Lipinski definition) is 2. The van der Waals surface area contributed by atoms with Crippen LogP contribution in [0.25, 0.3) is 5.69 Å². The monoisotopic (exact) mass is 436 g/mol. The SMILES string of the molecule is CCN1c2cc(C)ccc2-n2cccc2C12CCN(C(=O)Nc1cc(F)ccc1F)CC2. The first-order chi connectivity index (χ1) is 15.4. The molecule has 1 spiro atoms. The number of aromatic nitrogens is 1. The summed E-state index contributed by atoms with van der Waals surface area (Å²) in [6.45, 7) is 6.16. The predicted molar refractivity (Wildman–Crippen MR) is 121 cm³/mol. The zero-order valence-corrected chi connectivity index (χ0v) is 18.2. The van der Waals surface area contributed by atoms with Crippen LogP contribution in [0.1, 0.15) is 31.0 Å². The molecular formula is C25H26F2N4O. The molecule has 1 aromatic heterocycles. The van der Waals surface area contributed by atoms with Crippen molar-refractivity contribution < 1.29 is 13.6 Å². The van der Waals surface area contributed by atoms with Gasteiger partial charge in [0.05, 0.1) is 22.6 Å². The summed E-state index contributed by atoms with van der Waals surface area (Å²) in [7, 11) is 0. The van der Waals surface area contributed by atoms with E-state index in [2.05, 4.69) is 65.2 Å². The number of benzene rings is 2. The van der Waals surface area contributed by atoms with E-state index in [1.54, 1.807) is 4.90 Å². The summed E-state index contributed by atoms with van der Waals surface area (Å²) < 4.78 is 29.7. The molecule has 2 aliphatic rings. The fraction of sp³-hybridized carbons (Fsp3) is 0.320. The van der Waals surface area contributed by atoms with Crippen LogP contribution in [0, 0.1) is 18.6 Å². The first kappa shape index (κ1) is 20.5. The number of piperidine rings is 1. The predicted octanol–water partition coefficient (Wildman–Crippen LogP) is 5.43. The normalized spacial score (nSPS) is 16.6. The number of nitrogens with zero attached hydrogens (tertiary/aromatic N) is 3. The van der Waals surface area contributed by atoms with Crippen LogP contribution in [-0.2, 0) is 5.54 Å². The standard InChI is InChI=1S/C25H26F2N4O/c1-3-31-22-15-17(2)6-9-21(22)30-12-4-5-23(30)25(31)10-13-29(14-11-25)24(32)28-20-16-18(26)7-8-19(20)27/h4-9,12,15-16H,3,10-11,13-14H2,1-2H3,(H,28,32). The third kappa shape index (κ3) is 3.15. The number of rotatable bonds is 2. The average molecular weight is 437 g/mol. The zero-order chi connectivity index (χ0) is 22.5. The molecule has 0 atom stereocenters. The maximum Gasteiger partial charge on any atom is 0.321 e. The van der Waals surface area contributed by atoms with Gasteiger partial charge in [0.2, 0.25) is 0 Å². The van der Waals surface area contributed by atoms with Crippen molar-refractivity contribution in [3.05, 3.63) is 77.6 Å². The molecule has 0 saturated carbocycles. The minimum atomic E-state index is -0.650. The van der Waals surface area contributed by atoms with Crippen molar-refractivity contribution in [2.24, 2.45) is 0 Å². The number of carbonyl (C=O) groups is 1.